The maximum atomic E-state index is 12.0. The fraction of sp³-hybridized carbons (Fsp3) is 0.238. The summed E-state index contributed by atoms with van der Waals surface area (Å²) in [5, 5.41) is 15.5. The molecule has 0 fully saturated rings. The van der Waals surface area contributed by atoms with Gasteiger partial charge in [0.2, 0.25) is 0 Å². The summed E-state index contributed by atoms with van der Waals surface area (Å²) in [6.07, 6.45) is 2.63. The van der Waals surface area contributed by atoms with Crippen molar-refractivity contribution >= 4 is 29.2 Å². The summed E-state index contributed by atoms with van der Waals surface area (Å²) in [4.78, 5) is 12.0. The number of aromatic nitrogens is 2. The molecule has 0 aliphatic rings. The smallest absolute Gasteiger partial charge is 0.339 e. The van der Waals surface area contributed by atoms with Crippen LogP contribution in [-0.2, 0) is 19.3 Å². The van der Waals surface area contributed by atoms with Crippen molar-refractivity contribution in [1.29, 1.82) is 0 Å². The minimum atomic E-state index is -0.967. The zero-order valence-corrected chi connectivity index (χ0v) is 16.5. The highest BCUT2D eigenvalue weighted by Gasteiger charge is 2.24. The molecule has 0 amide bonds. The first-order valence-corrected chi connectivity index (χ1v) is 9.60. The molecule has 0 saturated carbocycles. The molecule has 0 atom stereocenters. The molecule has 0 aliphatic carbocycles. The highest BCUT2D eigenvalue weighted by atomic mass is 35.5. The number of nitrogens with zero attached hydrogens (tertiary/aromatic N) is 2. The van der Waals surface area contributed by atoms with Crippen LogP contribution in [0.15, 0.2) is 48.5 Å². The number of aromatic carboxylic acids is 1. The van der Waals surface area contributed by atoms with Crippen molar-refractivity contribution in [3.63, 3.8) is 0 Å². The second kappa shape index (κ2) is 8.59. The summed E-state index contributed by atoms with van der Waals surface area (Å²) in [5.41, 5.74) is 3.22. The fourth-order valence-corrected chi connectivity index (χ4v) is 3.51. The topological polar surface area (TPSA) is 55.1 Å². The molecular formula is C21H20Cl2N2O2. The number of hydrogen-bond acceptors (Lipinski definition) is 2. The average Bonchev–Trinajstić information content (AvgIpc) is 3.01. The number of rotatable bonds is 7. The summed E-state index contributed by atoms with van der Waals surface area (Å²) in [7, 11) is 0. The van der Waals surface area contributed by atoms with Gasteiger partial charge in [0.15, 0.2) is 0 Å². The molecule has 0 spiro atoms. The number of carbonyl (C=O) groups is 1. The Morgan fingerprint density at radius 3 is 2.48 bits per heavy atom. The Morgan fingerprint density at radius 1 is 1.07 bits per heavy atom. The number of carboxylic acid groups (broad SMARTS) is 1. The van der Waals surface area contributed by atoms with Crippen LogP contribution in [0.2, 0.25) is 10.0 Å². The van der Waals surface area contributed by atoms with Crippen molar-refractivity contribution in [2.75, 3.05) is 0 Å². The zero-order valence-electron chi connectivity index (χ0n) is 15.0. The van der Waals surface area contributed by atoms with E-state index in [1.54, 1.807) is 22.9 Å². The van der Waals surface area contributed by atoms with E-state index in [9.17, 15) is 9.90 Å². The van der Waals surface area contributed by atoms with Gasteiger partial charge in [-0.25, -0.2) is 9.48 Å². The van der Waals surface area contributed by atoms with Crippen LogP contribution < -0.4 is 0 Å². The van der Waals surface area contributed by atoms with E-state index in [4.69, 9.17) is 23.2 Å². The Morgan fingerprint density at radius 2 is 1.81 bits per heavy atom. The Balaban J connectivity index is 2.07. The van der Waals surface area contributed by atoms with Crippen molar-refractivity contribution in [2.45, 2.75) is 32.6 Å². The lowest BCUT2D eigenvalue weighted by Gasteiger charge is -2.09. The molecule has 3 aromatic rings. The van der Waals surface area contributed by atoms with E-state index in [0.717, 1.165) is 12.0 Å². The molecule has 6 heteroatoms. The van der Waals surface area contributed by atoms with Gasteiger partial charge in [0.1, 0.15) is 5.56 Å². The van der Waals surface area contributed by atoms with E-state index in [1.165, 1.54) is 0 Å². The quantitative estimate of drug-likeness (QED) is 0.558. The molecule has 1 N–H and O–H groups in total. The lowest BCUT2D eigenvalue weighted by molar-refractivity contribution is 0.0694. The van der Waals surface area contributed by atoms with Gasteiger partial charge in [0.25, 0.3) is 0 Å². The van der Waals surface area contributed by atoms with Gasteiger partial charge in [-0.15, -0.1) is 0 Å². The van der Waals surface area contributed by atoms with Gasteiger partial charge in [-0.3, -0.25) is 0 Å². The number of aryl methyl sites for hydroxylation is 2. The Labute approximate surface area is 168 Å². The summed E-state index contributed by atoms with van der Waals surface area (Å²) < 4.78 is 1.64. The Bertz CT molecular complexity index is 952. The minimum Gasteiger partial charge on any atom is -0.478 e. The maximum Gasteiger partial charge on any atom is 0.339 e. The predicted molar refractivity (Wildman–Crippen MR) is 108 cm³/mol. The molecule has 0 bridgehead atoms. The minimum absolute atomic E-state index is 0.267. The van der Waals surface area contributed by atoms with E-state index in [-0.39, 0.29) is 5.56 Å². The molecule has 0 radical (unpaired) electrons. The standard InChI is InChI=1S/C21H20Cl2N2O2/c1-2-6-18-20(21(26)27)17(12-9-14-7-4-3-5-8-14)24-25(18)19-13-15(22)10-11-16(19)23/h3-5,7-8,10-11,13H,2,6,9,12H2,1H3,(H,26,27). The summed E-state index contributed by atoms with van der Waals surface area (Å²) >= 11 is 12.5. The Hall–Kier alpha value is -2.30. The lowest BCUT2D eigenvalue weighted by atomic mass is 10.0. The van der Waals surface area contributed by atoms with Crippen LogP contribution in [0.5, 0.6) is 0 Å². The van der Waals surface area contributed by atoms with E-state index in [0.29, 0.717) is 46.4 Å². The second-order valence-corrected chi connectivity index (χ2v) is 7.16. The average molecular weight is 403 g/mol. The largest absolute Gasteiger partial charge is 0.478 e. The lowest BCUT2D eigenvalue weighted by Crippen LogP contribution is -2.07. The van der Waals surface area contributed by atoms with Crippen LogP contribution in [0, 0.1) is 0 Å². The van der Waals surface area contributed by atoms with Gasteiger partial charge in [-0.2, -0.15) is 5.10 Å². The molecule has 0 saturated heterocycles. The van der Waals surface area contributed by atoms with E-state index in [1.807, 2.05) is 37.3 Å². The van der Waals surface area contributed by atoms with E-state index >= 15 is 0 Å². The Kier molecular flexibility index (Phi) is 6.19. The summed E-state index contributed by atoms with van der Waals surface area (Å²) in [6, 6.07) is 15.1. The SMILES string of the molecule is CCCc1c(C(=O)O)c(CCc2ccccc2)nn1-c1cc(Cl)ccc1Cl. The molecule has 4 nitrogen and oxygen atoms in total. The molecule has 27 heavy (non-hydrogen) atoms. The molecule has 1 aromatic heterocycles. The highest BCUT2D eigenvalue weighted by molar-refractivity contribution is 6.34. The second-order valence-electron chi connectivity index (χ2n) is 6.32. The number of carboxylic acids is 1. The van der Waals surface area contributed by atoms with Crippen LogP contribution >= 0.6 is 23.2 Å². The van der Waals surface area contributed by atoms with Crippen molar-refractivity contribution in [3.05, 3.63) is 81.1 Å². The van der Waals surface area contributed by atoms with Crippen molar-refractivity contribution in [3.8, 4) is 5.69 Å². The third-order valence-corrected chi connectivity index (χ3v) is 4.94. The number of benzene rings is 2. The summed E-state index contributed by atoms with van der Waals surface area (Å²) in [5.74, 6) is -0.967. The third-order valence-electron chi connectivity index (χ3n) is 4.38. The number of halogens is 2. The van der Waals surface area contributed by atoms with Gasteiger partial charge in [-0.1, -0.05) is 66.9 Å². The first-order chi connectivity index (χ1) is 13.0. The van der Waals surface area contributed by atoms with Gasteiger partial charge in [0.05, 0.1) is 22.1 Å². The fourth-order valence-electron chi connectivity index (χ4n) is 3.15. The molecule has 140 valence electrons. The van der Waals surface area contributed by atoms with Gasteiger partial charge >= 0.3 is 5.97 Å². The molecule has 1 heterocycles. The van der Waals surface area contributed by atoms with Crippen LogP contribution in [0.4, 0.5) is 0 Å². The first kappa shape index (κ1) is 19.5. The van der Waals surface area contributed by atoms with Crippen molar-refractivity contribution in [2.24, 2.45) is 0 Å². The van der Waals surface area contributed by atoms with Crippen molar-refractivity contribution in [1.82, 2.24) is 9.78 Å². The van der Waals surface area contributed by atoms with E-state index in [2.05, 4.69) is 5.10 Å². The van der Waals surface area contributed by atoms with Crippen LogP contribution in [0.1, 0.15) is 40.7 Å². The first-order valence-electron chi connectivity index (χ1n) is 8.84. The maximum absolute atomic E-state index is 12.0. The highest BCUT2D eigenvalue weighted by Crippen LogP contribution is 2.28. The molecule has 0 unspecified atom stereocenters. The molecular weight excluding hydrogens is 383 g/mol. The van der Waals surface area contributed by atoms with Gasteiger partial charge in [0, 0.05) is 5.02 Å². The summed E-state index contributed by atoms with van der Waals surface area (Å²) in [6.45, 7) is 2.01. The van der Waals surface area contributed by atoms with Gasteiger partial charge in [-0.05, 0) is 43.0 Å². The monoisotopic (exact) mass is 402 g/mol. The third kappa shape index (κ3) is 4.34. The van der Waals surface area contributed by atoms with Gasteiger partial charge < -0.3 is 5.11 Å². The van der Waals surface area contributed by atoms with Crippen LogP contribution in [0.25, 0.3) is 5.69 Å². The van der Waals surface area contributed by atoms with Crippen LogP contribution in [0.3, 0.4) is 0 Å². The normalized spacial score (nSPS) is 10.9. The van der Waals surface area contributed by atoms with Crippen LogP contribution in [-0.4, -0.2) is 20.9 Å². The predicted octanol–water partition coefficient (Wildman–Crippen LogP) is 5.62. The number of hydrogen-bond donors (Lipinski definition) is 1. The molecule has 0 aliphatic heterocycles. The van der Waals surface area contributed by atoms with Crippen molar-refractivity contribution < 1.29 is 9.90 Å². The van der Waals surface area contributed by atoms with E-state index < -0.39 is 5.97 Å². The molecule has 3 rings (SSSR count). The zero-order chi connectivity index (χ0) is 19.4. The molecule has 2 aromatic carbocycles.